The van der Waals surface area contributed by atoms with Crippen LogP contribution < -0.4 is 4.57 Å². The molecule has 0 N–H and O–H groups in total. The fraction of sp³-hybridized carbons (Fsp3) is 0.105. The first-order chi connectivity index (χ1) is 11.3. The molecule has 110 valence electrons. The molecule has 3 rings (SSSR count). The van der Waals surface area contributed by atoms with Crippen LogP contribution in [0.15, 0.2) is 67.3 Å². The maximum Gasteiger partial charge on any atom is 0.244 e. The lowest BCUT2D eigenvalue weighted by Crippen LogP contribution is -2.31. The highest BCUT2D eigenvalue weighted by atomic mass is 15.1. The SMILES string of the molecule is N#Cc1ccc(Cn2cc[n+](Cc3ccc(C#N)cc3)c2)cc1. The van der Waals surface area contributed by atoms with Crippen molar-refractivity contribution in [1.29, 1.82) is 10.5 Å². The maximum absolute atomic E-state index is 8.82. The Morgan fingerprint density at radius 1 is 0.826 bits per heavy atom. The molecule has 0 bridgehead atoms. The third kappa shape index (κ3) is 3.64. The van der Waals surface area contributed by atoms with E-state index in [0.717, 1.165) is 24.2 Å². The Kier molecular flexibility index (Phi) is 4.18. The summed E-state index contributed by atoms with van der Waals surface area (Å²) >= 11 is 0. The Morgan fingerprint density at radius 3 is 1.96 bits per heavy atom. The van der Waals surface area contributed by atoms with Crippen molar-refractivity contribution < 1.29 is 4.57 Å². The van der Waals surface area contributed by atoms with Gasteiger partial charge in [0.25, 0.3) is 0 Å². The van der Waals surface area contributed by atoms with Crippen LogP contribution in [0.5, 0.6) is 0 Å². The molecule has 0 atom stereocenters. The van der Waals surface area contributed by atoms with Gasteiger partial charge in [0.1, 0.15) is 25.5 Å². The van der Waals surface area contributed by atoms with E-state index in [1.807, 2.05) is 60.9 Å². The minimum atomic E-state index is 0.678. The molecule has 0 radical (unpaired) electrons. The summed E-state index contributed by atoms with van der Waals surface area (Å²) in [6.45, 7) is 1.54. The fourth-order valence-corrected chi connectivity index (χ4v) is 2.42. The number of nitriles is 2. The fourth-order valence-electron chi connectivity index (χ4n) is 2.42. The molecule has 0 aliphatic carbocycles. The Balaban J connectivity index is 1.67. The third-order valence-corrected chi connectivity index (χ3v) is 3.64. The predicted molar refractivity (Wildman–Crippen MR) is 85.1 cm³/mol. The van der Waals surface area contributed by atoms with Gasteiger partial charge in [0.05, 0.1) is 23.3 Å². The normalized spacial score (nSPS) is 10.0. The molecule has 1 heterocycles. The molecule has 3 aromatic rings. The summed E-state index contributed by atoms with van der Waals surface area (Å²) < 4.78 is 4.20. The van der Waals surface area contributed by atoms with Gasteiger partial charge in [-0.25, -0.2) is 9.13 Å². The van der Waals surface area contributed by atoms with Gasteiger partial charge in [-0.1, -0.05) is 24.3 Å². The molecule has 4 nitrogen and oxygen atoms in total. The average Bonchev–Trinajstić information content (AvgIpc) is 3.03. The van der Waals surface area contributed by atoms with Crippen LogP contribution in [0.2, 0.25) is 0 Å². The zero-order chi connectivity index (χ0) is 16.1. The number of imidazole rings is 1. The summed E-state index contributed by atoms with van der Waals surface area (Å²) in [5.41, 5.74) is 3.67. The van der Waals surface area contributed by atoms with Gasteiger partial charge in [0.15, 0.2) is 0 Å². The molecular formula is C19H15N4+. The smallest absolute Gasteiger partial charge is 0.233 e. The van der Waals surface area contributed by atoms with Gasteiger partial charge in [-0.3, -0.25) is 0 Å². The third-order valence-electron chi connectivity index (χ3n) is 3.64. The second-order valence-electron chi connectivity index (χ2n) is 5.38. The lowest BCUT2D eigenvalue weighted by Gasteiger charge is -1.99. The first kappa shape index (κ1) is 14.6. The highest BCUT2D eigenvalue weighted by Gasteiger charge is 2.06. The average molecular weight is 299 g/mol. The van der Waals surface area contributed by atoms with Crippen molar-refractivity contribution in [1.82, 2.24) is 4.57 Å². The van der Waals surface area contributed by atoms with Crippen LogP contribution in [0.25, 0.3) is 0 Å². The van der Waals surface area contributed by atoms with Crippen LogP contribution in [0, 0.1) is 22.7 Å². The van der Waals surface area contributed by atoms with E-state index in [-0.39, 0.29) is 0 Å². The van der Waals surface area contributed by atoms with E-state index in [9.17, 15) is 0 Å². The van der Waals surface area contributed by atoms with Gasteiger partial charge in [-0.05, 0) is 35.4 Å². The summed E-state index contributed by atoms with van der Waals surface area (Å²) in [5.74, 6) is 0. The largest absolute Gasteiger partial charge is 0.244 e. The number of aromatic nitrogens is 2. The number of benzene rings is 2. The summed E-state index contributed by atoms with van der Waals surface area (Å²) in [6, 6.07) is 19.5. The van der Waals surface area contributed by atoms with E-state index in [1.165, 1.54) is 0 Å². The Bertz CT molecular complexity index is 801. The van der Waals surface area contributed by atoms with Gasteiger partial charge >= 0.3 is 0 Å². The molecular weight excluding hydrogens is 284 g/mol. The van der Waals surface area contributed by atoms with Crippen molar-refractivity contribution in [2.75, 3.05) is 0 Å². The monoisotopic (exact) mass is 299 g/mol. The molecule has 0 unspecified atom stereocenters. The highest BCUT2D eigenvalue weighted by Crippen LogP contribution is 2.06. The Labute approximate surface area is 135 Å². The predicted octanol–water partition coefficient (Wildman–Crippen LogP) is 2.62. The van der Waals surface area contributed by atoms with Gasteiger partial charge < -0.3 is 0 Å². The van der Waals surface area contributed by atoms with Crippen LogP contribution in [-0.2, 0) is 13.1 Å². The van der Waals surface area contributed by atoms with Crippen LogP contribution >= 0.6 is 0 Å². The van der Waals surface area contributed by atoms with Crippen molar-refractivity contribution in [3.63, 3.8) is 0 Å². The second-order valence-corrected chi connectivity index (χ2v) is 5.38. The zero-order valence-electron chi connectivity index (χ0n) is 12.6. The molecule has 0 saturated carbocycles. The van der Waals surface area contributed by atoms with Gasteiger partial charge in [-0.2, -0.15) is 10.5 Å². The summed E-state index contributed by atoms with van der Waals surface area (Å²) in [6.07, 6.45) is 6.11. The van der Waals surface area contributed by atoms with E-state index < -0.39 is 0 Å². The summed E-state index contributed by atoms with van der Waals surface area (Å²) in [7, 11) is 0. The molecule has 0 aliphatic rings. The van der Waals surface area contributed by atoms with E-state index in [0.29, 0.717) is 11.1 Å². The first-order valence-corrected chi connectivity index (χ1v) is 7.30. The minimum absolute atomic E-state index is 0.678. The summed E-state index contributed by atoms with van der Waals surface area (Å²) in [4.78, 5) is 0. The van der Waals surface area contributed by atoms with Crippen molar-refractivity contribution in [3.05, 3.63) is 89.5 Å². The number of hydrogen-bond donors (Lipinski definition) is 0. The first-order valence-electron chi connectivity index (χ1n) is 7.30. The van der Waals surface area contributed by atoms with Crippen LogP contribution in [-0.4, -0.2) is 4.57 Å². The number of rotatable bonds is 4. The van der Waals surface area contributed by atoms with E-state index >= 15 is 0 Å². The van der Waals surface area contributed by atoms with Crippen LogP contribution in [0.4, 0.5) is 0 Å². The molecule has 0 fully saturated rings. The van der Waals surface area contributed by atoms with E-state index in [2.05, 4.69) is 27.6 Å². The van der Waals surface area contributed by atoms with E-state index in [4.69, 9.17) is 10.5 Å². The number of nitrogens with zero attached hydrogens (tertiary/aromatic N) is 4. The minimum Gasteiger partial charge on any atom is -0.233 e. The maximum atomic E-state index is 8.82. The van der Waals surface area contributed by atoms with Gasteiger partial charge in [0.2, 0.25) is 6.33 Å². The molecule has 1 aromatic heterocycles. The standard InChI is InChI=1S/C19H15N4/c20-11-16-1-5-18(6-2-16)13-22-9-10-23(15-22)14-19-7-3-17(12-21)4-8-19/h1-10,15H,13-14H2/q+1. The van der Waals surface area contributed by atoms with Crippen molar-refractivity contribution in [3.8, 4) is 12.1 Å². The van der Waals surface area contributed by atoms with Crippen LogP contribution in [0.1, 0.15) is 22.3 Å². The number of hydrogen-bond acceptors (Lipinski definition) is 2. The molecule has 0 aliphatic heterocycles. The van der Waals surface area contributed by atoms with Gasteiger partial charge in [-0.15, -0.1) is 0 Å². The quantitative estimate of drug-likeness (QED) is 0.695. The highest BCUT2D eigenvalue weighted by molar-refractivity contribution is 5.32. The van der Waals surface area contributed by atoms with Crippen molar-refractivity contribution in [2.45, 2.75) is 13.1 Å². The second kappa shape index (κ2) is 6.60. The van der Waals surface area contributed by atoms with E-state index in [1.54, 1.807) is 0 Å². The van der Waals surface area contributed by atoms with Gasteiger partial charge in [0, 0.05) is 0 Å². The molecule has 4 heteroatoms. The molecule has 23 heavy (non-hydrogen) atoms. The Morgan fingerprint density at radius 2 is 1.39 bits per heavy atom. The lowest BCUT2D eigenvalue weighted by atomic mass is 10.1. The molecule has 2 aromatic carbocycles. The Hall–Kier alpha value is -3.37. The van der Waals surface area contributed by atoms with Crippen LogP contribution in [0.3, 0.4) is 0 Å². The lowest BCUT2D eigenvalue weighted by molar-refractivity contribution is -0.687. The zero-order valence-corrected chi connectivity index (χ0v) is 12.6. The van der Waals surface area contributed by atoms with Crippen molar-refractivity contribution in [2.24, 2.45) is 0 Å². The molecule has 0 spiro atoms. The topological polar surface area (TPSA) is 56.4 Å². The summed E-state index contributed by atoms with van der Waals surface area (Å²) in [5, 5.41) is 17.6. The molecule has 0 amide bonds. The van der Waals surface area contributed by atoms with Crippen molar-refractivity contribution >= 4 is 0 Å². The molecule has 0 saturated heterocycles.